The normalized spacial score (nSPS) is 27.8. The number of rotatable bonds is 3. The van der Waals surface area contributed by atoms with E-state index in [1.54, 1.807) is 18.7 Å². The first-order valence-corrected chi connectivity index (χ1v) is 5.13. The Bertz CT molecular complexity index is 280. The molecule has 1 heterocycles. The predicted molar refractivity (Wildman–Crippen MR) is 55.2 cm³/mol. The number of carbonyl (C=O) groups excluding carboxylic acids is 1. The second kappa shape index (κ2) is 4.18. The van der Waals surface area contributed by atoms with Crippen molar-refractivity contribution in [3.63, 3.8) is 0 Å². The van der Waals surface area contributed by atoms with Gasteiger partial charge in [-0.15, -0.1) is 0 Å². The maximum atomic E-state index is 11.7. The van der Waals surface area contributed by atoms with Gasteiger partial charge in [-0.25, -0.2) is 0 Å². The fraction of sp³-hybridized carbons (Fsp3) is 0.800. The van der Waals surface area contributed by atoms with Gasteiger partial charge in [0.15, 0.2) is 0 Å². The maximum Gasteiger partial charge on any atom is 0.311 e. The molecule has 15 heavy (non-hydrogen) atoms. The Morgan fingerprint density at radius 1 is 1.60 bits per heavy atom. The van der Waals surface area contributed by atoms with Gasteiger partial charge in [0.25, 0.3) is 0 Å². The zero-order valence-electron chi connectivity index (χ0n) is 9.19. The van der Waals surface area contributed by atoms with E-state index in [1.807, 2.05) is 0 Å². The molecule has 1 aliphatic heterocycles. The minimum Gasteiger partial charge on any atom is -0.481 e. The second-order valence-electron chi connectivity index (χ2n) is 4.51. The number of nitrogens with two attached hydrogens (primary N) is 1. The first-order valence-electron chi connectivity index (χ1n) is 5.13. The van der Waals surface area contributed by atoms with Crippen LogP contribution in [0.1, 0.15) is 20.3 Å². The molecule has 0 aromatic heterocycles. The third-order valence-electron chi connectivity index (χ3n) is 3.08. The van der Waals surface area contributed by atoms with Gasteiger partial charge in [0.1, 0.15) is 0 Å². The Hall–Kier alpha value is -1.10. The van der Waals surface area contributed by atoms with Crippen molar-refractivity contribution in [1.82, 2.24) is 4.90 Å². The van der Waals surface area contributed by atoms with Crippen LogP contribution in [0.4, 0.5) is 0 Å². The monoisotopic (exact) mass is 214 g/mol. The van der Waals surface area contributed by atoms with Crippen molar-refractivity contribution in [1.29, 1.82) is 0 Å². The number of carboxylic acids is 1. The summed E-state index contributed by atoms with van der Waals surface area (Å²) in [6, 6.07) is 0. The SMILES string of the molecule is CC(CN)C(=O)N1CCC(C)(C(=O)O)C1. The van der Waals surface area contributed by atoms with E-state index in [1.165, 1.54) is 0 Å². The van der Waals surface area contributed by atoms with E-state index in [0.29, 0.717) is 26.1 Å². The zero-order valence-corrected chi connectivity index (χ0v) is 9.19. The first kappa shape index (κ1) is 12.0. The van der Waals surface area contributed by atoms with Crippen LogP contribution in [0.3, 0.4) is 0 Å². The number of amides is 1. The van der Waals surface area contributed by atoms with Crippen LogP contribution in [0.25, 0.3) is 0 Å². The van der Waals surface area contributed by atoms with Gasteiger partial charge in [-0.1, -0.05) is 6.92 Å². The van der Waals surface area contributed by atoms with E-state index in [2.05, 4.69) is 0 Å². The topological polar surface area (TPSA) is 83.6 Å². The van der Waals surface area contributed by atoms with Crippen LogP contribution in [0, 0.1) is 11.3 Å². The highest BCUT2D eigenvalue weighted by atomic mass is 16.4. The van der Waals surface area contributed by atoms with Crippen molar-refractivity contribution in [2.75, 3.05) is 19.6 Å². The standard InChI is InChI=1S/C10H18N2O3/c1-7(5-11)8(13)12-4-3-10(2,6-12)9(14)15/h7H,3-6,11H2,1-2H3,(H,14,15). The molecular formula is C10H18N2O3. The summed E-state index contributed by atoms with van der Waals surface area (Å²) in [4.78, 5) is 24.3. The molecule has 1 fully saturated rings. The smallest absolute Gasteiger partial charge is 0.311 e. The van der Waals surface area contributed by atoms with E-state index in [4.69, 9.17) is 10.8 Å². The van der Waals surface area contributed by atoms with Crippen LogP contribution in [0.15, 0.2) is 0 Å². The van der Waals surface area contributed by atoms with E-state index in [0.717, 1.165) is 0 Å². The quantitative estimate of drug-likeness (QED) is 0.687. The molecule has 0 bridgehead atoms. The molecule has 86 valence electrons. The predicted octanol–water partition coefficient (Wildman–Crippen LogP) is -0.0956. The van der Waals surface area contributed by atoms with Crippen LogP contribution in [-0.4, -0.2) is 41.5 Å². The van der Waals surface area contributed by atoms with Gasteiger partial charge >= 0.3 is 5.97 Å². The van der Waals surface area contributed by atoms with Crippen molar-refractivity contribution in [3.05, 3.63) is 0 Å². The molecule has 1 rings (SSSR count). The third-order valence-corrected chi connectivity index (χ3v) is 3.08. The molecule has 3 N–H and O–H groups in total. The summed E-state index contributed by atoms with van der Waals surface area (Å²) in [5.74, 6) is -1.10. The van der Waals surface area contributed by atoms with Crippen molar-refractivity contribution < 1.29 is 14.7 Å². The molecule has 0 aromatic rings. The molecule has 0 radical (unpaired) electrons. The molecule has 0 aromatic carbocycles. The average molecular weight is 214 g/mol. The molecule has 0 saturated carbocycles. The number of nitrogens with zero attached hydrogens (tertiary/aromatic N) is 1. The lowest BCUT2D eigenvalue weighted by Gasteiger charge is -2.22. The lowest BCUT2D eigenvalue weighted by molar-refractivity contribution is -0.147. The second-order valence-corrected chi connectivity index (χ2v) is 4.51. The lowest BCUT2D eigenvalue weighted by atomic mass is 9.90. The van der Waals surface area contributed by atoms with E-state index in [9.17, 15) is 9.59 Å². The minimum absolute atomic E-state index is 0.0394. The number of aliphatic carboxylic acids is 1. The molecule has 1 saturated heterocycles. The fourth-order valence-electron chi connectivity index (χ4n) is 1.74. The van der Waals surface area contributed by atoms with Gasteiger partial charge in [-0.3, -0.25) is 9.59 Å². The molecule has 1 amide bonds. The van der Waals surface area contributed by atoms with Crippen LogP contribution in [0.2, 0.25) is 0 Å². The molecule has 1 aliphatic rings. The molecular weight excluding hydrogens is 196 g/mol. The number of carbonyl (C=O) groups is 2. The Labute approximate surface area is 89.2 Å². The van der Waals surface area contributed by atoms with Crippen molar-refractivity contribution in [3.8, 4) is 0 Å². The van der Waals surface area contributed by atoms with Crippen molar-refractivity contribution >= 4 is 11.9 Å². The summed E-state index contributed by atoms with van der Waals surface area (Å²) < 4.78 is 0. The lowest BCUT2D eigenvalue weighted by Crippen LogP contribution is -2.39. The van der Waals surface area contributed by atoms with Crippen LogP contribution in [0.5, 0.6) is 0 Å². The van der Waals surface area contributed by atoms with Gasteiger partial charge in [-0.2, -0.15) is 0 Å². The highest BCUT2D eigenvalue weighted by molar-refractivity contribution is 5.81. The Morgan fingerprint density at radius 2 is 2.20 bits per heavy atom. The van der Waals surface area contributed by atoms with Crippen molar-refractivity contribution in [2.45, 2.75) is 20.3 Å². The summed E-state index contributed by atoms with van der Waals surface area (Å²) >= 11 is 0. The molecule has 5 nitrogen and oxygen atoms in total. The van der Waals surface area contributed by atoms with Crippen LogP contribution in [-0.2, 0) is 9.59 Å². The number of hydrogen-bond donors (Lipinski definition) is 2. The number of likely N-dealkylation sites (tertiary alicyclic amines) is 1. The van der Waals surface area contributed by atoms with E-state index >= 15 is 0 Å². The zero-order chi connectivity index (χ0) is 11.6. The summed E-state index contributed by atoms with van der Waals surface area (Å²) in [5, 5.41) is 9.01. The summed E-state index contributed by atoms with van der Waals surface area (Å²) in [6.45, 7) is 4.56. The maximum absolute atomic E-state index is 11.7. The largest absolute Gasteiger partial charge is 0.481 e. The molecule has 2 atom stereocenters. The molecule has 0 aliphatic carbocycles. The van der Waals surface area contributed by atoms with E-state index < -0.39 is 11.4 Å². The molecule has 5 heteroatoms. The Morgan fingerprint density at radius 3 is 2.60 bits per heavy atom. The Balaban J connectivity index is 2.64. The minimum atomic E-state index is -0.835. The van der Waals surface area contributed by atoms with Gasteiger partial charge in [0, 0.05) is 25.6 Å². The molecule has 2 unspecified atom stereocenters. The number of carboxylic acid groups (broad SMARTS) is 1. The highest BCUT2D eigenvalue weighted by Crippen LogP contribution is 2.30. The van der Waals surface area contributed by atoms with Crippen molar-refractivity contribution in [2.24, 2.45) is 17.1 Å². The highest BCUT2D eigenvalue weighted by Gasteiger charge is 2.42. The average Bonchev–Trinajstić information content (AvgIpc) is 2.60. The third kappa shape index (κ3) is 2.28. The van der Waals surface area contributed by atoms with Gasteiger partial charge < -0.3 is 15.7 Å². The van der Waals surface area contributed by atoms with Crippen LogP contribution >= 0.6 is 0 Å². The molecule has 0 spiro atoms. The summed E-state index contributed by atoms with van der Waals surface area (Å²) in [7, 11) is 0. The Kier molecular flexibility index (Phi) is 3.34. The van der Waals surface area contributed by atoms with Crippen LogP contribution < -0.4 is 5.73 Å². The van der Waals surface area contributed by atoms with Gasteiger partial charge in [0.2, 0.25) is 5.91 Å². The number of hydrogen-bond acceptors (Lipinski definition) is 3. The summed E-state index contributed by atoms with van der Waals surface area (Å²) in [6.07, 6.45) is 0.519. The van der Waals surface area contributed by atoms with E-state index in [-0.39, 0.29) is 11.8 Å². The first-order chi connectivity index (χ1) is 6.90. The van der Waals surface area contributed by atoms with Gasteiger partial charge in [0.05, 0.1) is 5.41 Å². The summed E-state index contributed by atoms with van der Waals surface area (Å²) in [5.41, 5.74) is 4.62. The fourth-order valence-corrected chi connectivity index (χ4v) is 1.74. The van der Waals surface area contributed by atoms with Gasteiger partial charge in [-0.05, 0) is 13.3 Å².